The van der Waals surface area contributed by atoms with Crippen molar-refractivity contribution in [2.24, 2.45) is 11.8 Å². The van der Waals surface area contributed by atoms with Crippen molar-refractivity contribution >= 4 is 12.0 Å². The molecule has 2 atom stereocenters. The van der Waals surface area contributed by atoms with Crippen LogP contribution >= 0.6 is 0 Å². The zero-order valence-corrected chi connectivity index (χ0v) is 10.2. The molecular formula is C11H20N2O4. The predicted octanol–water partition coefficient (Wildman–Crippen LogP) is 0.431. The summed E-state index contributed by atoms with van der Waals surface area (Å²) in [6.07, 6.45) is 0.937. The van der Waals surface area contributed by atoms with E-state index in [2.05, 4.69) is 10.6 Å². The van der Waals surface area contributed by atoms with Gasteiger partial charge < -0.3 is 20.5 Å². The van der Waals surface area contributed by atoms with Gasteiger partial charge in [-0.25, -0.2) is 9.59 Å². The van der Waals surface area contributed by atoms with Crippen LogP contribution in [0, 0.1) is 11.8 Å². The number of nitrogens with one attached hydrogen (secondary N) is 2. The second-order valence-electron chi connectivity index (χ2n) is 4.64. The molecule has 0 aromatic heterocycles. The summed E-state index contributed by atoms with van der Waals surface area (Å²) in [7, 11) is 0. The van der Waals surface area contributed by atoms with Crippen LogP contribution in [-0.2, 0) is 9.53 Å². The summed E-state index contributed by atoms with van der Waals surface area (Å²) in [5.41, 5.74) is 0. The largest absolute Gasteiger partial charge is 0.480 e. The first-order valence-electron chi connectivity index (χ1n) is 5.85. The van der Waals surface area contributed by atoms with Crippen molar-refractivity contribution in [3.8, 4) is 0 Å². The molecule has 0 aromatic carbocycles. The van der Waals surface area contributed by atoms with Gasteiger partial charge in [0.15, 0.2) is 0 Å². The first-order valence-corrected chi connectivity index (χ1v) is 5.85. The van der Waals surface area contributed by atoms with Crippen molar-refractivity contribution in [2.45, 2.75) is 26.3 Å². The first-order chi connectivity index (χ1) is 8.00. The van der Waals surface area contributed by atoms with Gasteiger partial charge in [0.05, 0.1) is 6.61 Å². The monoisotopic (exact) mass is 244 g/mol. The molecule has 1 saturated heterocycles. The van der Waals surface area contributed by atoms with E-state index < -0.39 is 18.0 Å². The second kappa shape index (κ2) is 6.44. The van der Waals surface area contributed by atoms with E-state index >= 15 is 0 Å². The standard InChI is InChI=1S/C11H20N2O4/c1-7(2)9(10(14)15)13-11(16)12-5-8-3-4-17-6-8/h7-9H,3-6H2,1-2H3,(H,14,15)(H2,12,13,16)/t8?,9-/m0/s1. The second-order valence-corrected chi connectivity index (χ2v) is 4.64. The molecule has 1 heterocycles. The highest BCUT2D eigenvalue weighted by atomic mass is 16.5. The number of hydrogen-bond donors (Lipinski definition) is 3. The predicted molar refractivity (Wildman–Crippen MR) is 61.7 cm³/mol. The molecule has 6 nitrogen and oxygen atoms in total. The summed E-state index contributed by atoms with van der Waals surface area (Å²) in [5, 5.41) is 14.0. The Balaban J connectivity index is 2.29. The molecule has 0 radical (unpaired) electrons. The van der Waals surface area contributed by atoms with Crippen LogP contribution in [0.4, 0.5) is 4.79 Å². The van der Waals surface area contributed by atoms with Crippen LogP contribution in [0.5, 0.6) is 0 Å². The Morgan fingerprint density at radius 3 is 2.65 bits per heavy atom. The summed E-state index contributed by atoms with van der Waals surface area (Å²) in [6, 6.07) is -1.28. The summed E-state index contributed by atoms with van der Waals surface area (Å²) in [5.74, 6) is -0.824. The lowest BCUT2D eigenvalue weighted by molar-refractivity contribution is -0.140. The third-order valence-corrected chi connectivity index (χ3v) is 2.79. The molecule has 0 aromatic rings. The minimum atomic E-state index is -1.01. The van der Waals surface area contributed by atoms with Gasteiger partial charge in [-0.1, -0.05) is 13.8 Å². The molecule has 1 rings (SSSR count). The third kappa shape index (κ3) is 4.60. The van der Waals surface area contributed by atoms with E-state index in [9.17, 15) is 9.59 Å². The van der Waals surface area contributed by atoms with Crippen LogP contribution in [-0.4, -0.2) is 42.9 Å². The lowest BCUT2D eigenvalue weighted by atomic mass is 10.1. The molecule has 1 fully saturated rings. The molecule has 0 bridgehead atoms. The van der Waals surface area contributed by atoms with E-state index in [1.54, 1.807) is 13.8 Å². The number of carboxylic acids is 1. The van der Waals surface area contributed by atoms with Crippen molar-refractivity contribution < 1.29 is 19.4 Å². The van der Waals surface area contributed by atoms with Gasteiger partial charge in [-0.3, -0.25) is 0 Å². The highest BCUT2D eigenvalue weighted by Crippen LogP contribution is 2.10. The molecule has 0 saturated carbocycles. The van der Waals surface area contributed by atoms with E-state index in [1.807, 2.05) is 0 Å². The lowest BCUT2D eigenvalue weighted by Gasteiger charge is -2.19. The van der Waals surface area contributed by atoms with E-state index in [1.165, 1.54) is 0 Å². The fraction of sp³-hybridized carbons (Fsp3) is 0.818. The Bertz CT molecular complexity index is 275. The van der Waals surface area contributed by atoms with Crippen LogP contribution in [0.2, 0.25) is 0 Å². The molecule has 1 aliphatic heterocycles. The number of rotatable bonds is 5. The van der Waals surface area contributed by atoms with Gasteiger partial charge in [-0.05, 0) is 12.3 Å². The van der Waals surface area contributed by atoms with Crippen molar-refractivity contribution in [2.75, 3.05) is 19.8 Å². The van der Waals surface area contributed by atoms with Crippen molar-refractivity contribution in [3.05, 3.63) is 0 Å². The van der Waals surface area contributed by atoms with Gasteiger partial charge in [0.2, 0.25) is 0 Å². The van der Waals surface area contributed by atoms with Crippen molar-refractivity contribution in [3.63, 3.8) is 0 Å². The SMILES string of the molecule is CC(C)[C@H](NC(=O)NCC1CCOC1)C(=O)O. The van der Waals surface area contributed by atoms with Gasteiger partial charge >= 0.3 is 12.0 Å². The maximum absolute atomic E-state index is 11.5. The Morgan fingerprint density at radius 2 is 2.18 bits per heavy atom. The molecule has 0 spiro atoms. The highest BCUT2D eigenvalue weighted by molar-refractivity contribution is 5.82. The normalized spacial score (nSPS) is 21.2. The van der Waals surface area contributed by atoms with Crippen molar-refractivity contribution in [1.29, 1.82) is 0 Å². The van der Waals surface area contributed by atoms with Gasteiger partial charge in [0.25, 0.3) is 0 Å². The molecular weight excluding hydrogens is 224 g/mol. The maximum Gasteiger partial charge on any atom is 0.326 e. The number of amides is 2. The smallest absolute Gasteiger partial charge is 0.326 e. The Kier molecular flexibility index (Phi) is 5.21. The third-order valence-electron chi connectivity index (χ3n) is 2.79. The molecule has 1 unspecified atom stereocenters. The van der Waals surface area contributed by atoms with E-state index in [0.717, 1.165) is 13.0 Å². The first kappa shape index (κ1) is 13.8. The number of ether oxygens (including phenoxy) is 1. The van der Waals surface area contributed by atoms with Crippen LogP contribution in [0.3, 0.4) is 0 Å². The average molecular weight is 244 g/mol. The quantitative estimate of drug-likeness (QED) is 0.654. The molecule has 2 amide bonds. The van der Waals surface area contributed by atoms with Crippen LogP contribution < -0.4 is 10.6 Å². The van der Waals surface area contributed by atoms with Crippen LogP contribution in [0.25, 0.3) is 0 Å². The molecule has 6 heteroatoms. The van der Waals surface area contributed by atoms with Crippen LogP contribution in [0.15, 0.2) is 0 Å². The summed E-state index contributed by atoms with van der Waals surface area (Å²) < 4.78 is 5.18. The number of carboxylic acid groups (broad SMARTS) is 1. The molecule has 1 aliphatic rings. The van der Waals surface area contributed by atoms with Crippen LogP contribution in [0.1, 0.15) is 20.3 Å². The van der Waals surface area contributed by atoms with Gasteiger partial charge in [-0.15, -0.1) is 0 Å². The van der Waals surface area contributed by atoms with E-state index in [-0.39, 0.29) is 5.92 Å². The average Bonchev–Trinajstić information content (AvgIpc) is 2.74. The Hall–Kier alpha value is -1.30. The zero-order valence-electron chi connectivity index (χ0n) is 10.2. The number of urea groups is 1. The number of hydrogen-bond acceptors (Lipinski definition) is 3. The molecule has 17 heavy (non-hydrogen) atoms. The minimum Gasteiger partial charge on any atom is -0.480 e. The molecule has 0 aliphatic carbocycles. The van der Waals surface area contributed by atoms with E-state index in [4.69, 9.17) is 9.84 Å². The number of carbonyl (C=O) groups is 2. The highest BCUT2D eigenvalue weighted by Gasteiger charge is 2.24. The lowest BCUT2D eigenvalue weighted by Crippen LogP contribution is -2.49. The molecule has 3 N–H and O–H groups in total. The summed E-state index contributed by atoms with van der Waals surface area (Å²) >= 11 is 0. The van der Waals surface area contributed by atoms with E-state index in [0.29, 0.717) is 19.1 Å². The number of carbonyl (C=O) groups excluding carboxylic acids is 1. The topological polar surface area (TPSA) is 87.7 Å². The number of aliphatic carboxylic acids is 1. The minimum absolute atomic E-state index is 0.145. The molecule has 98 valence electrons. The van der Waals surface area contributed by atoms with Gasteiger partial charge in [0, 0.05) is 19.1 Å². The van der Waals surface area contributed by atoms with Gasteiger partial charge in [-0.2, -0.15) is 0 Å². The van der Waals surface area contributed by atoms with Crippen molar-refractivity contribution in [1.82, 2.24) is 10.6 Å². The fourth-order valence-electron chi connectivity index (χ4n) is 1.69. The van der Waals surface area contributed by atoms with Gasteiger partial charge in [0.1, 0.15) is 6.04 Å². The Morgan fingerprint density at radius 1 is 1.47 bits per heavy atom. The summed E-state index contributed by atoms with van der Waals surface area (Å²) in [4.78, 5) is 22.4. The Labute approximate surface area is 101 Å². The maximum atomic E-state index is 11.5. The zero-order chi connectivity index (χ0) is 12.8. The fourth-order valence-corrected chi connectivity index (χ4v) is 1.69. The summed E-state index contributed by atoms with van der Waals surface area (Å²) in [6.45, 7) is 5.43.